The van der Waals surface area contributed by atoms with Crippen molar-refractivity contribution in [1.29, 1.82) is 0 Å². The van der Waals surface area contributed by atoms with Crippen molar-refractivity contribution < 1.29 is 14.3 Å². The van der Waals surface area contributed by atoms with Crippen LogP contribution in [0, 0.1) is 5.82 Å². The Balaban J connectivity index is 2.05. The van der Waals surface area contributed by atoms with Crippen LogP contribution in [0.3, 0.4) is 0 Å². The number of nitrogens with zero attached hydrogens (tertiary/aromatic N) is 1. The molecule has 1 atom stereocenters. The third-order valence-corrected chi connectivity index (χ3v) is 3.75. The number of carboxylic acid groups (broad SMARTS) is 1. The minimum Gasteiger partial charge on any atom is -0.480 e. The predicted octanol–water partition coefficient (Wildman–Crippen LogP) is 3.62. The molecule has 2 rings (SSSR count). The number of hydrogen-bond donors (Lipinski definition) is 2. The highest BCUT2D eigenvalue weighted by molar-refractivity contribution is 5.73. The molecule has 0 spiro atoms. The Morgan fingerprint density at radius 3 is 2.61 bits per heavy atom. The lowest BCUT2D eigenvalue weighted by atomic mass is 10.0. The minimum atomic E-state index is -0.896. The summed E-state index contributed by atoms with van der Waals surface area (Å²) in [6.07, 6.45) is 5.62. The topological polar surface area (TPSA) is 62.2 Å². The second-order valence-electron chi connectivity index (χ2n) is 5.46. The van der Waals surface area contributed by atoms with E-state index in [-0.39, 0.29) is 12.4 Å². The van der Waals surface area contributed by atoms with Crippen LogP contribution in [0.4, 0.5) is 4.39 Å². The van der Waals surface area contributed by atoms with Crippen LogP contribution in [-0.2, 0) is 11.3 Å². The van der Waals surface area contributed by atoms with E-state index in [1.54, 1.807) is 18.5 Å². The van der Waals surface area contributed by atoms with Crippen LogP contribution >= 0.6 is 0 Å². The number of carbonyl (C=O) groups is 1. The van der Waals surface area contributed by atoms with Gasteiger partial charge in [-0.3, -0.25) is 9.78 Å². The summed E-state index contributed by atoms with van der Waals surface area (Å²) in [5.74, 6) is -1.24. The normalized spacial score (nSPS) is 12.1. The molecule has 5 heteroatoms. The first kappa shape index (κ1) is 17.1. The molecule has 122 valence electrons. The van der Waals surface area contributed by atoms with Crippen molar-refractivity contribution in [3.05, 3.63) is 54.1 Å². The molecule has 0 radical (unpaired) electrons. The third-order valence-electron chi connectivity index (χ3n) is 3.75. The number of aliphatic carboxylic acids is 1. The van der Waals surface area contributed by atoms with Crippen molar-refractivity contribution >= 4 is 5.97 Å². The Kier molecular flexibility index (Phi) is 6.23. The summed E-state index contributed by atoms with van der Waals surface area (Å²) < 4.78 is 14.2. The highest BCUT2D eigenvalue weighted by Crippen LogP contribution is 2.21. The van der Waals surface area contributed by atoms with Crippen LogP contribution in [0.25, 0.3) is 11.1 Å². The van der Waals surface area contributed by atoms with Gasteiger partial charge in [-0.15, -0.1) is 0 Å². The van der Waals surface area contributed by atoms with E-state index in [4.69, 9.17) is 0 Å². The summed E-state index contributed by atoms with van der Waals surface area (Å²) in [6, 6.07) is 7.98. The van der Waals surface area contributed by atoms with Crippen LogP contribution in [0.5, 0.6) is 0 Å². The molecular weight excluding hydrogens is 295 g/mol. The van der Waals surface area contributed by atoms with Gasteiger partial charge in [0, 0.05) is 24.5 Å². The lowest BCUT2D eigenvalue weighted by molar-refractivity contribution is -0.139. The van der Waals surface area contributed by atoms with Gasteiger partial charge < -0.3 is 10.4 Å². The van der Waals surface area contributed by atoms with Gasteiger partial charge in [0.25, 0.3) is 0 Å². The summed E-state index contributed by atoms with van der Waals surface area (Å²) in [4.78, 5) is 15.1. The highest BCUT2D eigenvalue weighted by Gasteiger charge is 2.16. The summed E-state index contributed by atoms with van der Waals surface area (Å²) in [6.45, 7) is 2.21. The van der Waals surface area contributed by atoms with Gasteiger partial charge in [0.05, 0.1) is 0 Å². The van der Waals surface area contributed by atoms with E-state index in [1.807, 2.05) is 25.1 Å². The molecule has 1 aromatic heterocycles. The Bertz CT molecular complexity index is 647. The van der Waals surface area contributed by atoms with E-state index < -0.39 is 12.0 Å². The molecule has 2 aromatic rings. The first-order valence-electron chi connectivity index (χ1n) is 7.76. The number of carboxylic acids is 1. The molecule has 23 heavy (non-hydrogen) atoms. The molecule has 4 nitrogen and oxygen atoms in total. The van der Waals surface area contributed by atoms with Gasteiger partial charge in [0.1, 0.15) is 11.9 Å². The fourth-order valence-electron chi connectivity index (χ4n) is 2.37. The maximum Gasteiger partial charge on any atom is 0.320 e. The maximum absolute atomic E-state index is 14.2. The molecule has 0 unspecified atom stereocenters. The van der Waals surface area contributed by atoms with Crippen LogP contribution in [0.1, 0.15) is 31.7 Å². The van der Waals surface area contributed by atoms with Gasteiger partial charge in [-0.05, 0) is 35.7 Å². The van der Waals surface area contributed by atoms with Gasteiger partial charge in [0.15, 0.2) is 0 Å². The van der Waals surface area contributed by atoms with E-state index >= 15 is 0 Å². The lowest BCUT2D eigenvalue weighted by Gasteiger charge is -2.14. The molecule has 0 bridgehead atoms. The first-order valence-corrected chi connectivity index (χ1v) is 7.76. The monoisotopic (exact) mass is 316 g/mol. The molecule has 0 aliphatic carbocycles. The van der Waals surface area contributed by atoms with Crippen LogP contribution < -0.4 is 5.32 Å². The number of aromatic nitrogens is 1. The quantitative estimate of drug-likeness (QED) is 0.781. The molecule has 1 aromatic carbocycles. The summed E-state index contributed by atoms with van der Waals surface area (Å²) >= 11 is 0. The largest absolute Gasteiger partial charge is 0.480 e. The highest BCUT2D eigenvalue weighted by atomic mass is 19.1. The van der Waals surface area contributed by atoms with Crippen molar-refractivity contribution in [2.45, 2.75) is 38.8 Å². The number of pyridine rings is 1. The fourth-order valence-corrected chi connectivity index (χ4v) is 2.37. The van der Waals surface area contributed by atoms with E-state index in [2.05, 4.69) is 10.3 Å². The summed E-state index contributed by atoms with van der Waals surface area (Å²) in [5.41, 5.74) is 2.13. The van der Waals surface area contributed by atoms with Crippen molar-refractivity contribution in [3.8, 4) is 11.1 Å². The number of benzene rings is 1. The zero-order chi connectivity index (χ0) is 16.7. The number of rotatable bonds is 8. The third kappa shape index (κ3) is 4.86. The average molecular weight is 316 g/mol. The van der Waals surface area contributed by atoms with Crippen molar-refractivity contribution in [2.24, 2.45) is 0 Å². The Morgan fingerprint density at radius 1 is 1.26 bits per heavy atom. The van der Waals surface area contributed by atoms with E-state index in [9.17, 15) is 14.3 Å². The van der Waals surface area contributed by atoms with Gasteiger partial charge in [-0.25, -0.2) is 4.39 Å². The molecule has 0 aliphatic rings. The van der Waals surface area contributed by atoms with Gasteiger partial charge in [-0.1, -0.05) is 31.9 Å². The molecule has 2 N–H and O–H groups in total. The molecule has 1 heterocycles. The molecule has 0 saturated carbocycles. The molecule has 0 fully saturated rings. The standard InChI is InChI=1S/C18H21FN2O2/c1-2-3-4-17(18(22)23)21-12-15-6-5-14(11-16(15)19)13-7-9-20-10-8-13/h5-11,17,21H,2-4,12H2,1H3,(H,22,23)/t17-/m0/s1. The number of halogens is 1. The average Bonchev–Trinajstić information content (AvgIpc) is 2.56. The number of hydrogen-bond acceptors (Lipinski definition) is 3. The first-order chi connectivity index (χ1) is 11.1. The van der Waals surface area contributed by atoms with Gasteiger partial charge >= 0.3 is 5.97 Å². The zero-order valence-electron chi connectivity index (χ0n) is 13.1. The Labute approximate surface area is 135 Å². The Hall–Kier alpha value is -2.27. The second-order valence-corrected chi connectivity index (χ2v) is 5.46. The van der Waals surface area contributed by atoms with E-state index in [0.29, 0.717) is 12.0 Å². The fraction of sp³-hybridized carbons (Fsp3) is 0.333. The number of nitrogens with one attached hydrogen (secondary N) is 1. The molecular formula is C18H21FN2O2. The van der Waals surface area contributed by atoms with Crippen molar-refractivity contribution in [1.82, 2.24) is 10.3 Å². The smallest absolute Gasteiger partial charge is 0.320 e. The van der Waals surface area contributed by atoms with E-state index in [0.717, 1.165) is 24.0 Å². The number of unbranched alkanes of at least 4 members (excludes halogenated alkanes) is 1. The van der Waals surface area contributed by atoms with E-state index in [1.165, 1.54) is 6.07 Å². The zero-order valence-corrected chi connectivity index (χ0v) is 13.1. The van der Waals surface area contributed by atoms with Gasteiger partial charge in [-0.2, -0.15) is 0 Å². The van der Waals surface area contributed by atoms with Gasteiger partial charge in [0.2, 0.25) is 0 Å². The van der Waals surface area contributed by atoms with Crippen LogP contribution in [0.2, 0.25) is 0 Å². The molecule has 0 saturated heterocycles. The Morgan fingerprint density at radius 2 is 2.00 bits per heavy atom. The maximum atomic E-state index is 14.2. The minimum absolute atomic E-state index is 0.198. The van der Waals surface area contributed by atoms with Crippen LogP contribution in [0.15, 0.2) is 42.7 Å². The SMILES string of the molecule is CCCC[C@H](NCc1ccc(-c2ccncc2)cc1F)C(=O)O. The second kappa shape index (κ2) is 8.39. The lowest BCUT2D eigenvalue weighted by Crippen LogP contribution is -2.36. The van der Waals surface area contributed by atoms with Crippen molar-refractivity contribution in [2.75, 3.05) is 0 Å². The summed E-state index contributed by atoms with van der Waals surface area (Å²) in [5, 5.41) is 12.1. The van der Waals surface area contributed by atoms with Crippen LogP contribution in [-0.4, -0.2) is 22.1 Å². The molecule has 0 amide bonds. The van der Waals surface area contributed by atoms with Crippen molar-refractivity contribution in [3.63, 3.8) is 0 Å². The summed E-state index contributed by atoms with van der Waals surface area (Å²) in [7, 11) is 0. The molecule has 0 aliphatic heterocycles. The predicted molar refractivity (Wildman–Crippen MR) is 87.4 cm³/mol.